The summed E-state index contributed by atoms with van der Waals surface area (Å²) in [4.78, 5) is 22.4. The maximum atomic E-state index is 12.6. The number of nitrogens with one attached hydrogen (secondary N) is 1. The number of carbonyl (C=O) groups is 1. The molecule has 0 unspecified atom stereocenters. The number of hydrogen-bond acceptors (Lipinski definition) is 3. The lowest BCUT2D eigenvalue weighted by Gasteiger charge is -2.30. The fraction of sp³-hybridized carbons (Fsp3) is 0.714. The number of aromatic nitrogens is 2. The highest BCUT2D eigenvalue weighted by Crippen LogP contribution is 2.28. The van der Waals surface area contributed by atoms with Gasteiger partial charge in [0.25, 0.3) is 0 Å². The van der Waals surface area contributed by atoms with Crippen LogP contribution in [0.15, 0.2) is 0 Å². The standard InChI is InChI=1S/C14H21N3OS/c1-9-15-12-4-3-10(7-13(12)16-9)14(18)17(2)11-5-6-19-8-11/h10-11H,3-8H2,1-2H3,(H,15,16)/t10-,11+/m1/s1. The number of hydrogen-bond donors (Lipinski definition) is 1. The van der Waals surface area contributed by atoms with Gasteiger partial charge in [-0.1, -0.05) is 0 Å². The second-order valence-electron chi connectivity index (χ2n) is 5.65. The molecular weight excluding hydrogens is 258 g/mol. The van der Waals surface area contributed by atoms with E-state index in [1.807, 2.05) is 30.6 Å². The van der Waals surface area contributed by atoms with Gasteiger partial charge in [0, 0.05) is 36.9 Å². The Labute approximate surface area is 118 Å². The first-order chi connectivity index (χ1) is 9.15. The molecule has 0 radical (unpaired) electrons. The van der Waals surface area contributed by atoms with Crippen molar-refractivity contribution in [1.29, 1.82) is 0 Å². The van der Waals surface area contributed by atoms with Crippen LogP contribution in [0.3, 0.4) is 0 Å². The van der Waals surface area contributed by atoms with Crippen molar-refractivity contribution in [3.05, 3.63) is 17.2 Å². The Bertz CT molecular complexity index is 479. The number of aromatic amines is 1. The van der Waals surface area contributed by atoms with E-state index in [-0.39, 0.29) is 5.92 Å². The lowest BCUT2D eigenvalue weighted by atomic mass is 9.88. The third kappa shape index (κ3) is 2.53. The van der Waals surface area contributed by atoms with Crippen LogP contribution in [0, 0.1) is 12.8 Å². The molecule has 3 rings (SSSR count). The van der Waals surface area contributed by atoms with E-state index >= 15 is 0 Å². The molecule has 0 bridgehead atoms. The molecule has 2 atom stereocenters. The van der Waals surface area contributed by atoms with Gasteiger partial charge in [-0.2, -0.15) is 11.8 Å². The van der Waals surface area contributed by atoms with Gasteiger partial charge in [0.15, 0.2) is 0 Å². The molecule has 1 aliphatic heterocycles. The second kappa shape index (κ2) is 5.19. The molecule has 104 valence electrons. The second-order valence-corrected chi connectivity index (χ2v) is 6.80. The zero-order chi connectivity index (χ0) is 13.4. The summed E-state index contributed by atoms with van der Waals surface area (Å²) in [6, 6.07) is 0.447. The molecule has 2 aliphatic rings. The van der Waals surface area contributed by atoms with Gasteiger partial charge in [-0.25, -0.2) is 4.98 Å². The molecule has 19 heavy (non-hydrogen) atoms. The Morgan fingerprint density at radius 3 is 3.05 bits per heavy atom. The quantitative estimate of drug-likeness (QED) is 0.898. The van der Waals surface area contributed by atoms with Crippen molar-refractivity contribution in [2.45, 2.75) is 38.6 Å². The summed E-state index contributed by atoms with van der Waals surface area (Å²) in [5.74, 6) is 3.73. The van der Waals surface area contributed by atoms with Crippen LogP contribution in [-0.4, -0.2) is 45.4 Å². The number of aryl methyl sites for hydroxylation is 2. The Kier molecular flexibility index (Phi) is 3.56. The topological polar surface area (TPSA) is 49.0 Å². The van der Waals surface area contributed by atoms with E-state index in [1.165, 1.54) is 17.1 Å². The number of H-pyrrole nitrogens is 1. The van der Waals surface area contributed by atoms with Crippen molar-refractivity contribution in [1.82, 2.24) is 14.9 Å². The van der Waals surface area contributed by atoms with Crippen molar-refractivity contribution in [2.75, 3.05) is 18.6 Å². The van der Waals surface area contributed by atoms with E-state index in [4.69, 9.17) is 0 Å². The number of rotatable bonds is 2. The zero-order valence-electron chi connectivity index (χ0n) is 11.6. The van der Waals surface area contributed by atoms with Crippen LogP contribution in [-0.2, 0) is 17.6 Å². The molecule has 1 aromatic rings. The van der Waals surface area contributed by atoms with E-state index in [2.05, 4.69) is 9.97 Å². The zero-order valence-corrected chi connectivity index (χ0v) is 12.4. The predicted molar refractivity (Wildman–Crippen MR) is 77.3 cm³/mol. The fourth-order valence-corrected chi connectivity index (χ4v) is 4.40. The van der Waals surface area contributed by atoms with Crippen molar-refractivity contribution >= 4 is 17.7 Å². The number of thioether (sulfide) groups is 1. The van der Waals surface area contributed by atoms with Crippen LogP contribution in [0.25, 0.3) is 0 Å². The van der Waals surface area contributed by atoms with Crippen LogP contribution in [0.1, 0.15) is 30.1 Å². The fourth-order valence-electron chi connectivity index (χ4n) is 3.13. The van der Waals surface area contributed by atoms with Crippen molar-refractivity contribution in [3.8, 4) is 0 Å². The normalized spacial score (nSPS) is 26.2. The Hall–Kier alpha value is -0.970. The van der Waals surface area contributed by atoms with Gasteiger partial charge in [-0.05, 0) is 31.9 Å². The highest BCUT2D eigenvalue weighted by Gasteiger charge is 2.32. The Morgan fingerprint density at radius 2 is 2.32 bits per heavy atom. The van der Waals surface area contributed by atoms with Gasteiger partial charge < -0.3 is 9.88 Å². The molecule has 0 spiro atoms. The summed E-state index contributed by atoms with van der Waals surface area (Å²) in [5.41, 5.74) is 2.34. The van der Waals surface area contributed by atoms with E-state index in [0.717, 1.165) is 37.3 Å². The summed E-state index contributed by atoms with van der Waals surface area (Å²) in [5, 5.41) is 0. The average molecular weight is 279 g/mol. The molecule has 5 heteroatoms. The molecule has 1 fully saturated rings. The highest BCUT2D eigenvalue weighted by molar-refractivity contribution is 7.99. The van der Waals surface area contributed by atoms with Crippen molar-refractivity contribution < 1.29 is 4.79 Å². The minimum atomic E-state index is 0.142. The first-order valence-corrected chi connectivity index (χ1v) is 8.19. The maximum Gasteiger partial charge on any atom is 0.226 e. The van der Waals surface area contributed by atoms with Crippen LogP contribution in [0.5, 0.6) is 0 Å². The van der Waals surface area contributed by atoms with Gasteiger partial charge >= 0.3 is 0 Å². The molecule has 2 heterocycles. The molecule has 4 nitrogen and oxygen atoms in total. The summed E-state index contributed by atoms with van der Waals surface area (Å²) >= 11 is 1.96. The van der Waals surface area contributed by atoms with Crippen molar-refractivity contribution in [2.24, 2.45) is 5.92 Å². The molecule has 1 aliphatic carbocycles. The van der Waals surface area contributed by atoms with Crippen LogP contribution < -0.4 is 0 Å². The summed E-state index contributed by atoms with van der Waals surface area (Å²) in [7, 11) is 1.98. The van der Waals surface area contributed by atoms with Gasteiger partial charge in [0.05, 0.1) is 5.69 Å². The van der Waals surface area contributed by atoms with Crippen LogP contribution >= 0.6 is 11.8 Å². The van der Waals surface area contributed by atoms with Crippen molar-refractivity contribution in [3.63, 3.8) is 0 Å². The minimum absolute atomic E-state index is 0.142. The number of imidazole rings is 1. The first kappa shape index (κ1) is 13.0. The van der Waals surface area contributed by atoms with E-state index in [0.29, 0.717) is 11.9 Å². The average Bonchev–Trinajstić information content (AvgIpc) is 3.03. The largest absolute Gasteiger partial charge is 0.346 e. The highest BCUT2D eigenvalue weighted by atomic mass is 32.2. The summed E-state index contributed by atoms with van der Waals surface area (Å²) < 4.78 is 0. The number of carbonyl (C=O) groups excluding carboxylic acids is 1. The molecule has 1 aromatic heterocycles. The predicted octanol–water partition coefficient (Wildman–Crippen LogP) is 1.79. The molecule has 1 saturated heterocycles. The van der Waals surface area contributed by atoms with E-state index in [1.54, 1.807) is 0 Å². The van der Waals surface area contributed by atoms with Crippen LogP contribution in [0.4, 0.5) is 0 Å². The Morgan fingerprint density at radius 1 is 1.47 bits per heavy atom. The maximum absolute atomic E-state index is 12.6. The molecule has 0 saturated carbocycles. The van der Waals surface area contributed by atoms with Gasteiger partial charge in [0.1, 0.15) is 5.82 Å². The molecule has 0 aromatic carbocycles. The number of nitrogens with zero attached hydrogens (tertiary/aromatic N) is 2. The smallest absolute Gasteiger partial charge is 0.226 e. The van der Waals surface area contributed by atoms with Gasteiger partial charge in [0.2, 0.25) is 5.91 Å². The number of fused-ring (bicyclic) bond motifs is 1. The van der Waals surface area contributed by atoms with Crippen LogP contribution in [0.2, 0.25) is 0 Å². The SMILES string of the molecule is Cc1nc2c([nH]1)C[C@H](C(=O)N(C)[C@H]1CCSC1)CC2. The van der Waals surface area contributed by atoms with E-state index < -0.39 is 0 Å². The third-order valence-corrected chi connectivity index (χ3v) is 5.46. The summed E-state index contributed by atoms with van der Waals surface area (Å²) in [6.07, 6.45) is 3.86. The minimum Gasteiger partial charge on any atom is -0.346 e. The molecule has 1 N–H and O–H groups in total. The van der Waals surface area contributed by atoms with Gasteiger partial charge in [-0.3, -0.25) is 4.79 Å². The lowest BCUT2D eigenvalue weighted by molar-refractivity contribution is -0.136. The first-order valence-electron chi connectivity index (χ1n) is 7.04. The van der Waals surface area contributed by atoms with E-state index in [9.17, 15) is 4.79 Å². The molecule has 1 amide bonds. The molecular formula is C14H21N3OS. The summed E-state index contributed by atoms with van der Waals surface area (Å²) in [6.45, 7) is 1.98. The number of amides is 1. The third-order valence-electron chi connectivity index (χ3n) is 4.31. The lowest BCUT2D eigenvalue weighted by Crippen LogP contribution is -2.42. The van der Waals surface area contributed by atoms with Gasteiger partial charge in [-0.15, -0.1) is 0 Å². The monoisotopic (exact) mass is 279 g/mol. The Balaban J connectivity index is 1.68.